The smallest absolute Gasteiger partial charge is 0.163 e. The Morgan fingerprint density at radius 2 is 2.21 bits per heavy atom. The summed E-state index contributed by atoms with van der Waals surface area (Å²) in [6.45, 7) is 5.10. The van der Waals surface area contributed by atoms with Gasteiger partial charge in [-0.3, -0.25) is 9.58 Å². The summed E-state index contributed by atoms with van der Waals surface area (Å²) in [6.07, 6.45) is 4.44. The van der Waals surface area contributed by atoms with Crippen LogP contribution < -0.4 is 5.73 Å². The number of aromatic nitrogens is 4. The van der Waals surface area contributed by atoms with Crippen molar-refractivity contribution >= 4 is 16.9 Å². The van der Waals surface area contributed by atoms with Gasteiger partial charge in [0.05, 0.1) is 18.1 Å². The van der Waals surface area contributed by atoms with Crippen molar-refractivity contribution < 1.29 is 0 Å². The van der Waals surface area contributed by atoms with E-state index in [1.807, 2.05) is 7.05 Å². The maximum absolute atomic E-state index is 5.98. The number of aryl methyl sites for hydroxylation is 1. The molecule has 3 rings (SSSR count). The van der Waals surface area contributed by atoms with E-state index in [1.165, 1.54) is 12.8 Å². The van der Waals surface area contributed by atoms with Crippen LogP contribution in [0, 0.1) is 5.92 Å². The van der Waals surface area contributed by atoms with Gasteiger partial charge in [0.2, 0.25) is 0 Å². The number of hydrogen-bond donors (Lipinski definition) is 1. The molecular formula is C13H20N6. The molecule has 2 N–H and O–H groups in total. The number of rotatable bonds is 5. The maximum Gasteiger partial charge on any atom is 0.163 e. The van der Waals surface area contributed by atoms with Crippen molar-refractivity contribution in [2.24, 2.45) is 13.0 Å². The summed E-state index contributed by atoms with van der Waals surface area (Å²) in [5.74, 6) is 2.18. The highest BCUT2D eigenvalue weighted by atomic mass is 15.3. The molecule has 19 heavy (non-hydrogen) atoms. The topological polar surface area (TPSA) is 72.9 Å². The number of anilines is 1. The summed E-state index contributed by atoms with van der Waals surface area (Å²) in [7, 11) is 1.88. The molecule has 0 saturated heterocycles. The quantitative estimate of drug-likeness (QED) is 0.874. The predicted molar refractivity (Wildman–Crippen MR) is 74.4 cm³/mol. The molecule has 0 unspecified atom stereocenters. The number of nitrogens with two attached hydrogens (primary N) is 1. The van der Waals surface area contributed by atoms with Gasteiger partial charge in [-0.1, -0.05) is 6.92 Å². The van der Waals surface area contributed by atoms with Crippen LogP contribution in [-0.4, -0.2) is 37.7 Å². The molecule has 2 aromatic heterocycles. The molecule has 1 fully saturated rings. The average molecular weight is 260 g/mol. The van der Waals surface area contributed by atoms with E-state index in [4.69, 9.17) is 5.73 Å². The second-order valence-electron chi connectivity index (χ2n) is 5.30. The Morgan fingerprint density at radius 3 is 2.89 bits per heavy atom. The summed E-state index contributed by atoms with van der Waals surface area (Å²) in [5.41, 5.74) is 6.79. The monoisotopic (exact) mass is 260 g/mol. The zero-order chi connectivity index (χ0) is 13.4. The highest BCUT2D eigenvalue weighted by Crippen LogP contribution is 2.30. The van der Waals surface area contributed by atoms with Gasteiger partial charge in [0.1, 0.15) is 11.6 Å². The first-order valence-electron chi connectivity index (χ1n) is 6.83. The summed E-state index contributed by atoms with van der Waals surface area (Å²) < 4.78 is 1.74. The van der Waals surface area contributed by atoms with Crippen LogP contribution in [-0.2, 0) is 13.6 Å². The van der Waals surface area contributed by atoms with Gasteiger partial charge >= 0.3 is 0 Å². The van der Waals surface area contributed by atoms with E-state index in [9.17, 15) is 0 Å². The van der Waals surface area contributed by atoms with Crippen LogP contribution in [0.15, 0.2) is 6.20 Å². The Balaban J connectivity index is 1.84. The van der Waals surface area contributed by atoms with Crippen LogP contribution >= 0.6 is 0 Å². The molecule has 1 aliphatic carbocycles. The molecule has 2 heterocycles. The minimum absolute atomic E-state index is 0.524. The molecule has 6 heteroatoms. The van der Waals surface area contributed by atoms with Crippen LogP contribution in [0.4, 0.5) is 5.82 Å². The third-order valence-electron chi connectivity index (χ3n) is 3.69. The first-order valence-corrected chi connectivity index (χ1v) is 6.83. The Bertz CT molecular complexity index is 586. The highest BCUT2D eigenvalue weighted by molar-refractivity contribution is 5.84. The lowest BCUT2D eigenvalue weighted by atomic mass is 10.3. The number of fused-ring (bicyclic) bond motifs is 1. The van der Waals surface area contributed by atoms with E-state index in [2.05, 4.69) is 26.9 Å². The van der Waals surface area contributed by atoms with E-state index < -0.39 is 0 Å². The van der Waals surface area contributed by atoms with E-state index in [0.29, 0.717) is 5.82 Å². The lowest BCUT2D eigenvalue weighted by Crippen LogP contribution is -2.26. The molecule has 102 valence electrons. The molecule has 0 radical (unpaired) electrons. The molecule has 0 spiro atoms. The molecule has 0 amide bonds. The SMILES string of the molecule is CCN(Cc1nc(N)c2cnn(C)c2n1)CC1CC1. The lowest BCUT2D eigenvalue weighted by molar-refractivity contribution is 0.262. The second-order valence-corrected chi connectivity index (χ2v) is 5.30. The largest absolute Gasteiger partial charge is 0.383 e. The molecular weight excluding hydrogens is 240 g/mol. The van der Waals surface area contributed by atoms with Gasteiger partial charge in [0.15, 0.2) is 5.65 Å². The molecule has 1 saturated carbocycles. The average Bonchev–Trinajstić information content (AvgIpc) is 3.12. The molecule has 6 nitrogen and oxygen atoms in total. The number of nitrogen functional groups attached to an aromatic ring is 1. The van der Waals surface area contributed by atoms with Gasteiger partial charge in [-0.15, -0.1) is 0 Å². The van der Waals surface area contributed by atoms with Gasteiger partial charge in [-0.05, 0) is 25.3 Å². The molecule has 0 bridgehead atoms. The van der Waals surface area contributed by atoms with E-state index >= 15 is 0 Å². The van der Waals surface area contributed by atoms with Crippen LogP contribution in [0.1, 0.15) is 25.6 Å². The third kappa shape index (κ3) is 2.53. The van der Waals surface area contributed by atoms with Crippen molar-refractivity contribution in [3.63, 3.8) is 0 Å². The van der Waals surface area contributed by atoms with Crippen molar-refractivity contribution in [2.75, 3.05) is 18.8 Å². The van der Waals surface area contributed by atoms with Gasteiger partial charge in [0.25, 0.3) is 0 Å². The maximum atomic E-state index is 5.98. The zero-order valence-corrected chi connectivity index (χ0v) is 11.5. The highest BCUT2D eigenvalue weighted by Gasteiger charge is 2.24. The summed E-state index contributed by atoms with van der Waals surface area (Å²) >= 11 is 0. The Morgan fingerprint density at radius 1 is 1.42 bits per heavy atom. The first-order chi connectivity index (χ1) is 9.17. The number of nitrogens with zero attached hydrogens (tertiary/aromatic N) is 5. The molecule has 0 aliphatic heterocycles. The fraction of sp³-hybridized carbons (Fsp3) is 0.615. The standard InChI is InChI=1S/C13H20N6/c1-3-19(7-9-4-5-9)8-11-16-12(14)10-6-15-18(2)13(10)17-11/h6,9H,3-5,7-8H2,1-2H3,(H2,14,16,17). The van der Waals surface area contributed by atoms with E-state index in [-0.39, 0.29) is 0 Å². The minimum atomic E-state index is 0.524. The van der Waals surface area contributed by atoms with Crippen molar-refractivity contribution in [2.45, 2.75) is 26.3 Å². The lowest BCUT2D eigenvalue weighted by Gasteiger charge is -2.19. The second kappa shape index (κ2) is 4.77. The first kappa shape index (κ1) is 12.3. The van der Waals surface area contributed by atoms with Gasteiger partial charge in [-0.25, -0.2) is 9.97 Å². The summed E-state index contributed by atoms with van der Waals surface area (Å²) in [6, 6.07) is 0. The fourth-order valence-electron chi connectivity index (χ4n) is 2.33. The van der Waals surface area contributed by atoms with Crippen LogP contribution in [0.25, 0.3) is 11.0 Å². The van der Waals surface area contributed by atoms with Crippen molar-refractivity contribution in [1.29, 1.82) is 0 Å². The predicted octanol–water partition coefficient (Wildman–Crippen LogP) is 1.18. The zero-order valence-electron chi connectivity index (χ0n) is 11.5. The molecule has 0 aromatic carbocycles. The van der Waals surface area contributed by atoms with Crippen LogP contribution in [0.2, 0.25) is 0 Å². The number of hydrogen-bond acceptors (Lipinski definition) is 5. The van der Waals surface area contributed by atoms with Crippen LogP contribution in [0.3, 0.4) is 0 Å². The van der Waals surface area contributed by atoms with E-state index in [0.717, 1.165) is 42.4 Å². The van der Waals surface area contributed by atoms with Gasteiger partial charge in [0, 0.05) is 13.6 Å². The molecule has 2 aromatic rings. The van der Waals surface area contributed by atoms with Crippen molar-refractivity contribution in [3.8, 4) is 0 Å². The molecule has 0 atom stereocenters. The Labute approximate surface area is 112 Å². The van der Waals surface area contributed by atoms with E-state index in [1.54, 1.807) is 10.9 Å². The Hall–Kier alpha value is -1.69. The van der Waals surface area contributed by atoms with Crippen molar-refractivity contribution in [1.82, 2.24) is 24.6 Å². The third-order valence-corrected chi connectivity index (χ3v) is 3.69. The van der Waals surface area contributed by atoms with Crippen molar-refractivity contribution in [3.05, 3.63) is 12.0 Å². The molecule has 1 aliphatic rings. The summed E-state index contributed by atoms with van der Waals surface area (Å²) in [5, 5.41) is 5.01. The Kier molecular flexibility index (Phi) is 3.10. The van der Waals surface area contributed by atoms with Crippen LogP contribution in [0.5, 0.6) is 0 Å². The van der Waals surface area contributed by atoms with Gasteiger partial charge in [-0.2, -0.15) is 5.10 Å². The normalized spacial score (nSPS) is 15.5. The summed E-state index contributed by atoms with van der Waals surface area (Å²) in [4.78, 5) is 11.4. The minimum Gasteiger partial charge on any atom is -0.383 e. The van der Waals surface area contributed by atoms with Gasteiger partial charge < -0.3 is 5.73 Å². The fourth-order valence-corrected chi connectivity index (χ4v) is 2.33.